The van der Waals surface area contributed by atoms with E-state index >= 15 is 0 Å². The summed E-state index contributed by atoms with van der Waals surface area (Å²) >= 11 is 5.43. The van der Waals surface area contributed by atoms with Crippen molar-refractivity contribution in [3.05, 3.63) is 28.5 Å². The van der Waals surface area contributed by atoms with Crippen LogP contribution in [0.4, 0.5) is 4.39 Å². The minimum absolute atomic E-state index is 0.181. The number of halogens is 2. The summed E-state index contributed by atoms with van der Waals surface area (Å²) in [5.74, 6) is -0.891. The molecule has 4 nitrogen and oxygen atoms in total. The molecule has 0 unspecified atom stereocenters. The van der Waals surface area contributed by atoms with Gasteiger partial charge in [0.15, 0.2) is 6.29 Å². The Morgan fingerprint density at radius 2 is 2.00 bits per heavy atom. The number of hydrogen-bond donors (Lipinski definition) is 1. The van der Waals surface area contributed by atoms with E-state index in [0.29, 0.717) is 0 Å². The highest BCUT2D eigenvalue weighted by atomic mass is 35.5. The number of carbonyl (C=O) groups is 1. The van der Waals surface area contributed by atoms with Crippen LogP contribution in [-0.2, 0) is 10.0 Å². The molecule has 0 aliphatic rings. The number of aldehydes is 1. The number of nitrogens with two attached hydrogens (primary N) is 1. The van der Waals surface area contributed by atoms with Crippen LogP contribution in [0.25, 0.3) is 0 Å². The number of benzene rings is 1. The molecule has 0 aliphatic carbocycles. The van der Waals surface area contributed by atoms with Crippen LogP contribution in [0.15, 0.2) is 17.0 Å². The smallest absolute Gasteiger partial charge is 0.239 e. The van der Waals surface area contributed by atoms with Crippen LogP contribution in [-0.4, -0.2) is 14.7 Å². The van der Waals surface area contributed by atoms with Crippen molar-refractivity contribution >= 4 is 27.9 Å². The molecule has 0 aromatic heterocycles. The van der Waals surface area contributed by atoms with Crippen molar-refractivity contribution in [3.8, 4) is 0 Å². The van der Waals surface area contributed by atoms with Gasteiger partial charge in [0.2, 0.25) is 10.0 Å². The molecule has 0 fully saturated rings. The van der Waals surface area contributed by atoms with Crippen LogP contribution < -0.4 is 5.14 Å². The molecule has 0 spiro atoms. The Labute approximate surface area is 84.5 Å². The third-order valence-electron chi connectivity index (χ3n) is 1.48. The molecule has 14 heavy (non-hydrogen) atoms. The summed E-state index contributed by atoms with van der Waals surface area (Å²) in [7, 11) is -4.04. The van der Waals surface area contributed by atoms with Crippen LogP contribution >= 0.6 is 11.6 Å². The Morgan fingerprint density at radius 1 is 1.43 bits per heavy atom. The van der Waals surface area contributed by atoms with E-state index in [1.165, 1.54) is 0 Å². The first kappa shape index (κ1) is 11.1. The van der Waals surface area contributed by atoms with Gasteiger partial charge >= 0.3 is 0 Å². The van der Waals surface area contributed by atoms with E-state index in [0.717, 1.165) is 12.1 Å². The zero-order valence-electron chi connectivity index (χ0n) is 6.70. The number of hydrogen-bond acceptors (Lipinski definition) is 3. The first-order chi connectivity index (χ1) is 6.36. The standard InChI is InChI=1S/C7H5ClFNO3S/c8-5-2-6(9)4(3-11)1-7(5)14(10,12)13/h1-3H,(H2,10,12,13). The molecular weight excluding hydrogens is 233 g/mol. The summed E-state index contributed by atoms with van der Waals surface area (Å²) in [6, 6.07) is 1.52. The van der Waals surface area contributed by atoms with Crippen LogP contribution in [0.5, 0.6) is 0 Å². The Balaban J connectivity index is 3.55. The number of rotatable bonds is 2. The third kappa shape index (κ3) is 2.09. The lowest BCUT2D eigenvalue weighted by Crippen LogP contribution is -2.13. The molecule has 0 heterocycles. The fourth-order valence-corrected chi connectivity index (χ4v) is 1.95. The maximum atomic E-state index is 12.9. The van der Waals surface area contributed by atoms with E-state index < -0.39 is 26.3 Å². The van der Waals surface area contributed by atoms with E-state index in [1.807, 2.05) is 0 Å². The molecule has 0 aliphatic heterocycles. The van der Waals surface area contributed by atoms with Gasteiger partial charge in [0, 0.05) is 0 Å². The molecule has 0 amide bonds. The Bertz CT molecular complexity index is 486. The number of sulfonamides is 1. The van der Waals surface area contributed by atoms with Crippen LogP contribution in [0.2, 0.25) is 5.02 Å². The Kier molecular flexibility index (Phi) is 2.89. The normalized spacial score (nSPS) is 11.4. The number of carbonyl (C=O) groups excluding carboxylic acids is 1. The van der Waals surface area contributed by atoms with Crippen LogP contribution in [0, 0.1) is 5.82 Å². The summed E-state index contributed by atoms with van der Waals surface area (Å²) in [4.78, 5) is 9.83. The second-order valence-electron chi connectivity index (χ2n) is 2.47. The maximum absolute atomic E-state index is 12.9. The summed E-state index contributed by atoms with van der Waals surface area (Å²) in [5, 5.41) is 4.43. The summed E-state index contributed by atoms with van der Waals surface area (Å²) < 4.78 is 34.6. The molecule has 1 aromatic carbocycles. The van der Waals surface area contributed by atoms with E-state index in [1.54, 1.807) is 0 Å². The van der Waals surface area contributed by atoms with Gasteiger partial charge in [-0.3, -0.25) is 4.79 Å². The first-order valence-electron chi connectivity index (χ1n) is 3.33. The molecule has 1 aromatic rings. The highest BCUT2D eigenvalue weighted by Crippen LogP contribution is 2.23. The highest BCUT2D eigenvalue weighted by molar-refractivity contribution is 7.89. The van der Waals surface area contributed by atoms with Gasteiger partial charge in [-0.15, -0.1) is 0 Å². The monoisotopic (exact) mass is 237 g/mol. The van der Waals surface area contributed by atoms with E-state index in [9.17, 15) is 17.6 Å². The van der Waals surface area contributed by atoms with Gasteiger partial charge < -0.3 is 0 Å². The molecule has 76 valence electrons. The van der Waals surface area contributed by atoms with Crippen molar-refractivity contribution in [2.75, 3.05) is 0 Å². The summed E-state index contributed by atoms with van der Waals surface area (Å²) in [5.41, 5.74) is -0.404. The zero-order valence-corrected chi connectivity index (χ0v) is 8.27. The predicted molar refractivity (Wildman–Crippen MR) is 48.2 cm³/mol. The van der Waals surface area contributed by atoms with Crippen molar-refractivity contribution in [1.82, 2.24) is 0 Å². The van der Waals surface area contributed by atoms with Crippen molar-refractivity contribution in [3.63, 3.8) is 0 Å². The van der Waals surface area contributed by atoms with Crippen molar-refractivity contribution < 1.29 is 17.6 Å². The van der Waals surface area contributed by atoms with E-state index in [2.05, 4.69) is 0 Å². The van der Waals surface area contributed by atoms with Gasteiger partial charge in [0.05, 0.1) is 10.6 Å². The minimum Gasteiger partial charge on any atom is -0.298 e. The lowest BCUT2D eigenvalue weighted by atomic mass is 10.2. The molecule has 2 N–H and O–H groups in total. The van der Waals surface area contributed by atoms with Gasteiger partial charge in [-0.25, -0.2) is 17.9 Å². The van der Waals surface area contributed by atoms with Gasteiger partial charge in [-0.05, 0) is 12.1 Å². The molecule has 0 radical (unpaired) electrons. The number of primary sulfonamides is 1. The molecule has 0 atom stereocenters. The topological polar surface area (TPSA) is 77.2 Å². The lowest BCUT2D eigenvalue weighted by molar-refractivity contribution is 0.111. The average Bonchev–Trinajstić information content (AvgIpc) is 2.02. The Hall–Kier alpha value is -0.980. The van der Waals surface area contributed by atoms with E-state index in [-0.39, 0.29) is 11.3 Å². The SMILES string of the molecule is NS(=O)(=O)c1cc(C=O)c(F)cc1Cl. The van der Waals surface area contributed by atoms with Gasteiger partial charge in [-0.1, -0.05) is 11.6 Å². The highest BCUT2D eigenvalue weighted by Gasteiger charge is 2.16. The molecule has 0 saturated heterocycles. The second kappa shape index (κ2) is 3.64. The largest absolute Gasteiger partial charge is 0.298 e. The molecule has 0 saturated carbocycles. The predicted octanol–water partition coefficient (Wildman–Crippen LogP) is 0.939. The van der Waals surface area contributed by atoms with Crippen molar-refractivity contribution in [2.24, 2.45) is 5.14 Å². The van der Waals surface area contributed by atoms with Crippen molar-refractivity contribution in [1.29, 1.82) is 0 Å². The van der Waals surface area contributed by atoms with Crippen molar-refractivity contribution in [2.45, 2.75) is 4.90 Å². The van der Waals surface area contributed by atoms with Crippen LogP contribution in [0.3, 0.4) is 0 Å². The molecule has 0 bridgehead atoms. The maximum Gasteiger partial charge on any atom is 0.239 e. The quantitative estimate of drug-likeness (QED) is 0.778. The minimum atomic E-state index is -4.04. The average molecular weight is 238 g/mol. The Morgan fingerprint density at radius 3 is 2.43 bits per heavy atom. The molecule has 1 rings (SSSR count). The summed E-state index contributed by atoms with van der Waals surface area (Å²) in [6.45, 7) is 0. The molecule has 7 heteroatoms. The second-order valence-corrected chi connectivity index (χ2v) is 4.40. The molecular formula is C7H5ClFNO3S. The lowest BCUT2D eigenvalue weighted by Gasteiger charge is -2.02. The summed E-state index contributed by atoms with van der Waals surface area (Å²) in [6.07, 6.45) is 0.181. The van der Waals surface area contributed by atoms with Gasteiger partial charge in [0.25, 0.3) is 0 Å². The van der Waals surface area contributed by atoms with Gasteiger partial charge in [0.1, 0.15) is 10.7 Å². The van der Waals surface area contributed by atoms with Gasteiger partial charge in [-0.2, -0.15) is 0 Å². The van der Waals surface area contributed by atoms with Crippen LogP contribution in [0.1, 0.15) is 10.4 Å². The fourth-order valence-electron chi connectivity index (χ4n) is 0.853. The first-order valence-corrected chi connectivity index (χ1v) is 5.25. The fraction of sp³-hybridized carbons (Fsp3) is 0. The third-order valence-corrected chi connectivity index (χ3v) is 2.86. The zero-order chi connectivity index (χ0) is 10.9. The van der Waals surface area contributed by atoms with E-state index in [4.69, 9.17) is 16.7 Å².